The van der Waals surface area contributed by atoms with Crippen LogP contribution >= 0.6 is 11.8 Å². The minimum atomic E-state index is -3.95. The SMILES string of the molecule is CCSC(=O)NC(=N)c1cccc(CC(NC(=O)O)(c2ccc(-c3ccccc3S(N)(=O)=O)cc2)C2CCCCC2)c1. The van der Waals surface area contributed by atoms with E-state index in [2.05, 4.69) is 10.6 Å². The number of hydrogen-bond donors (Lipinski definition) is 5. The fraction of sp³-hybridized carbons (Fsp3) is 0.323. The third kappa shape index (κ3) is 7.39. The van der Waals surface area contributed by atoms with Crippen molar-refractivity contribution in [2.24, 2.45) is 11.1 Å². The van der Waals surface area contributed by atoms with Gasteiger partial charge in [-0.25, -0.2) is 18.4 Å². The molecule has 2 amide bonds. The Balaban J connectivity index is 1.77. The maximum atomic E-state index is 12.3. The number of nitrogens with one attached hydrogen (secondary N) is 3. The van der Waals surface area contributed by atoms with Crippen molar-refractivity contribution >= 4 is 39.0 Å². The second-order valence-corrected chi connectivity index (χ2v) is 13.2. The number of amides is 2. The number of carbonyl (C=O) groups is 2. The summed E-state index contributed by atoms with van der Waals surface area (Å²) in [7, 11) is -3.95. The predicted molar refractivity (Wildman–Crippen MR) is 166 cm³/mol. The summed E-state index contributed by atoms with van der Waals surface area (Å²) in [4.78, 5) is 24.4. The molecule has 0 radical (unpaired) electrons. The maximum absolute atomic E-state index is 12.3. The Kier molecular flexibility index (Phi) is 10.1. The van der Waals surface area contributed by atoms with E-state index >= 15 is 0 Å². The number of thioether (sulfide) groups is 1. The molecular weight excluding hydrogens is 572 g/mol. The zero-order chi connectivity index (χ0) is 30.3. The summed E-state index contributed by atoms with van der Waals surface area (Å²) < 4.78 is 24.4. The van der Waals surface area contributed by atoms with E-state index in [1.54, 1.807) is 42.5 Å². The number of amidine groups is 1. The third-order valence-corrected chi connectivity index (χ3v) is 9.36. The Hall–Kier alpha value is -3.67. The van der Waals surface area contributed by atoms with Crippen molar-refractivity contribution in [2.45, 2.75) is 55.9 Å². The topological polar surface area (TPSA) is 162 Å². The van der Waals surface area contributed by atoms with Gasteiger partial charge in [0.25, 0.3) is 5.24 Å². The summed E-state index contributed by atoms with van der Waals surface area (Å²) in [6.07, 6.45) is 3.93. The third-order valence-electron chi connectivity index (χ3n) is 7.74. The largest absolute Gasteiger partial charge is 0.465 e. The normalized spacial score (nSPS) is 15.4. The van der Waals surface area contributed by atoms with Crippen LogP contribution in [0, 0.1) is 11.3 Å². The smallest absolute Gasteiger partial charge is 0.405 e. The van der Waals surface area contributed by atoms with E-state index in [1.807, 2.05) is 31.2 Å². The molecule has 1 atom stereocenters. The molecule has 222 valence electrons. The molecule has 1 unspecified atom stereocenters. The Labute approximate surface area is 250 Å². The van der Waals surface area contributed by atoms with Crippen LogP contribution in [-0.2, 0) is 22.0 Å². The highest BCUT2D eigenvalue weighted by atomic mass is 32.2. The van der Waals surface area contributed by atoms with Crippen molar-refractivity contribution < 1.29 is 23.1 Å². The van der Waals surface area contributed by atoms with Crippen molar-refractivity contribution in [1.82, 2.24) is 10.6 Å². The summed E-state index contributed by atoms with van der Waals surface area (Å²) in [6.45, 7) is 1.86. The van der Waals surface area contributed by atoms with Crippen molar-refractivity contribution in [1.29, 1.82) is 5.41 Å². The molecule has 42 heavy (non-hydrogen) atoms. The van der Waals surface area contributed by atoms with E-state index in [0.29, 0.717) is 28.9 Å². The zero-order valence-corrected chi connectivity index (χ0v) is 25.1. The van der Waals surface area contributed by atoms with Gasteiger partial charge in [-0.3, -0.25) is 10.2 Å². The first-order chi connectivity index (χ1) is 20.0. The maximum Gasteiger partial charge on any atom is 0.405 e. The molecule has 1 aliphatic carbocycles. The molecule has 0 heterocycles. The van der Waals surface area contributed by atoms with E-state index in [4.69, 9.17) is 10.5 Å². The fourth-order valence-electron chi connectivity index (χ4n) is 5.89. The molecule has 0 aliphatic heterocycles. The molecule has 1 fully saturated rings. The highest BCUT2D eigenvalue weighted by Gasteiger charge is 2.42. The number of benzene rings is 3. The number of rotatable bonds is 9. The number of carbonyl (C=O) groups excluding carboxylic acids is 1. The first-order valence-electron chi connectivity index (χ1n) is 13.9. The van der Waals surface area contributed by atoms with Crippen LogP contribution < -0.4 is 15.8 Å². The van der Waals surface area contributed by atoms with Gasteiger partial charge in [0.2, 0.25) is 10.0 Å². The van der Waals surface area contributed by atoms with Crippen LogP contribution in [0.15, 0.2) is 77.7 Å². The molecule has 0 saturated heterocycles. The van der Waals surface area contributed by atoms with E-state index in [1.165, 1.54) is 6.07 Å². The molecule has 4 rings (SSSR count). The Morgan fingerprint density at radius 1 is 1.02 bits per heavy atom. The van der Waals surface area contributed by atoms with Gasteiger partial charge in [0, 0.05) is 17.5 Å². The molecule has 3 aromatic rings. The summed E-state index contributed by atoms with van der Waals surface area (Å²) in [5, 5.41) is 29.1. The molecule has 6 N–H and O–H groups in total. The van der Waals surface area contributed by atoms with Crippen LogP contribution in [0.3, 0.4) is 0 Å². The minimum Gasteiger partial charge on any atom is -0.465 e. The Morgan fingerprint density at radius 2 is 1.71 bits per heavy atom. The van der Waals surface area contributed by atoms with Gasteiger partial charge in [0.05, 0.1) is 10.4 Å². The van der Waals surface area contributed by atoms with Crippen LogP contribution in [0.2, 0.25) is 0 Å². The average Bonchev–Trinajstić information content (AvgIpc) is 2.97. The Bertz CT molecular complexity index is 1550. The molecule has 1 saturated carbocycles. The van der Waals surface area contributed by atoms with Crippen molar-refractivity contribution in [3.8, 4) is 11.1 Å². The van der Waals surface area contributed by atoms with Gasteiger partial charge >= 0.3 is 6.09 Å². The summed E-state index contributed by atoms with van der Waals surface area (Å²) in [5.74, 6) is 0.583. The van der Waals surface area contributed by atoms with Crippen LogP contribution in [0.1, 0.15) is 55.7 Å². The summed E-state index contributed by atoms with van der Waals surface area (Å²) >= 11 is 1.09. The lowest BCUT2D eigenvalue weighted by atomic mass is 9.68. The summed E-state index contributed by atoms with van der Waals surface area (Å²) in [6, 6.07) is 21.1. The van der Waals surface area contributed by atoms with Gasteiger partial charge in [-0.2, -0.15) is 0 Å². The van der Waals surface area contributed by atoms with Crippen LogP contribution in [-0.4, -0.2) is 36.4 Å². The second kappa shape index (κ2) is 13.5. The average molecular weight is 609 g/mol. The zero-order valence-electron chi connectivity index (χ0n) is 23.4. The number of primary sulfonamides is 1. The molecule has 0 bridgehead atoms. The molecule has 1 aliphatic rings. The van der Waals surface area contributed by atoms with E-state index in [0.717, 1.165) is 55.0 Å². The first kappa shape index (κ1) is 31.3. The lowest BCUT2D eigenvalue weighted by molar-refractivity contribution is 0.133. The van der Waals surface area contributed by atoms with Crippen LogP contribution in [0.25, 0.3) is 11.1 Å². The predicted octanol–water partition coefficient (Wildman–Crippen LogP) is 6.07. The molecule has 0 aromatic heterocycles. The molecule has 0 spiro atoms. The lowest BCUT2D eigenvalue weighted by Gasteiger charge is -2.43. The first-order valence-corrected chi connectivity index (χ1v) is 16.4. The van der Waals surface area contributed by atoms with Crippen molar-refractivity contribution in [3.05, 3.63) is 89.5 Å². The van der Waals surface area contributed by atoms with E-state index in [-0.39, 0.29) is 21.9 Å². The standard InChI is InChI=1S/C31H36N4O5S2/c1-2-41-30(38)34-28(32)23-10-8-9-21(19-23)20-31(35-29(36)37,24-11-4-3-5-12-24)25-17-15-22(16-18-25)26-13-6-7-14-27(26)42(33,39)40/h6-10,13-19,24,35H,2-5,11-12,20H2,1H3,(H,36,37)(H2,32,34,38)(H2,33,39,40). The van der Waals surface area contributed by atoms with Gasteiger partial charge in [-0.15, -0.1) is 0 Å². The number of nitrogens with two attached hydrogens (primary N) is 1. The lowest BCUT2D eigenvalue weighted by Crippen LogP contribution is -2.53. The number of sulfonamides is 1. The minimum absolute atomic E-state index is 0.00803. The van der Waals surface area contributed by atoms with Gasteiger partial charge in [-0.05, 0) is 53.3 Å². The highest BCUT2D eigenvalue weighted by molar-refractivity contribution is 8.13. The number of carboxylic acid groups (broad SMARTS) is 1. The van der Waals surface area contributed by atoms with Gasteiger partial charge in [-0.1, -0.05) is 98.6 Å². The van der Waals surface area contributed by atoms with E-state index in [9.17, 15) is 23.1 Å². The monoisotopic (exact) mass is 608 g/mol. The van der Waals surface area contributed by atoms with Crippen LogP contribution in [0.4, 0.5) is 9.59 Å². The number of hydrogen-bond acceptors (Lipinski definition) is 6. The van der Waals surface area contributed by atoms with Gasteiger partial charge in [0.15, 0.2) is 0 Å². The molecule has 3 aromatic carbocycles. The second-order valence-electron chi connectivity index (χ2n) is 10.5. The van der Waals surface area contributed by atoms with Crippen LogP contribution in [0.5, 0.6) is 0 Å². The molecule has 11 heteroatoms. The van der Waals surface area contributed by atoms with Gasteiger partial charge in [0.1, 0.15) is 5.84 Å². The highest BCUT2D eigenvalue weighted by Crippen LogP contribution is 2.42. The summed E-state index contributed by atoms with van der Waals surface area (Å²) in [5.41, 5.74) is 2.24. The Morgan fingerprint density at radius 3 is 2.36 bits per heavy atom. The van der Waals surface area contributed by atoms with Crippen molar-refractivity contribution in [2.75, 3.05) is 5.75 Å². The van der Waals surface area contributed by atoms with E-state index < -0.39 is 21.7 Å². The molecular formula is C31H36N4O5S2. The fourth-order valence-corrected chi connectivity index (χ4v) is 7.08. The quantitative estimate of drug-likeness (QED) is 0.146. The van der Waals surface area contributed by atoms with Crippen molar-refractivity contribution in [3.63, 3.8) is 0 Å². The van der Waals surface area contributed by atoms with Gasteiger partial charge < -0.3 is 15.7 Å². The molecule has 9 nitrogen and oxygen atoms in total.